The van der Waals surface area contributed by atoms with Crippen molar-refractivity contribution in [2.75, 3.05) is 6.54 Å². The highest BCUT2D eigenvalue weighted by Crippen LogP contribution is 2.14. The van der Waals surface area contributed by atoms with E-state index in [0.717, 1.165) is 6.42 Å². The molecule has 0 bridgehead atoms. The van der Waals surface area contributed by atoms with E-state index in [0.29, 0.717) is 29.8 Å². The molecule has 1 amide bonds. The summed E-state index contributed by atoms with van der Waals surface area (Å²) in [6.07, 6.45) is 0.797. The number of fused-ring (bicyclic) bond motifs is 1. The van der Waals surface area contributed by atoms with Crippen LogP contribution in [0.15, 0.2) is 29.1 Å². The predicted octanol–water partition coefficient (Wildman–Crippen LogP) is 2.16. The lowest BCUT2D eigenvalue weighted by Gasteiger charge is -2.19. The van der Waals surface area contributed by atoms with Gasteiger partial charge >= 0.3 is 0 Å². The Hall–Kier alpha value is -2.21. The van der Waals surface area contributed by atoms with E-state index in [9.17, 15) is 9.59 Å². The SMILES string of the molecule is CC(C)CC(CN)NC(=O)c1nn(CC(C)C)c(=O)c2ccccc12. The average molecular weight is 344 g/mol. The number of carbonyl (C=O) groups excluding carboxylic acids is 1. The lowest BCUT2D eigenvalue weighted by atomic mass is 10.0. The van der Waals surface area contributed by atoms with Gasteiger partial charge in [-0.1, -0.05) is 45.9 Å². The molecule has 6 nitrogen and oxygen atoms in total. The number of nitrogens with two attached hydrogens (primary N) is 1. The Balaban J connectivity index is 2.46. The van der Waals surface area contributed by atoms with E-state index in [1.54, 1.807) is 18.2 Å². The Labute approximate surface area is 148 Å². The van der Waals surface area contributed by atoms with Gasteiger partial charge in [-0.25, -0.2) is 4.68 Å². The van der Waals surface area contributed by atoms with Crippen molar-refractivity contribution in [1.29, 1.82) is 0 Å². The second kappa shape index (κ2) is 8.25. The van der Waals surface area contributed by atoms with Crippen LogP contribution in [0, 0.1) is 11.8 Å². The highest BCUT2D eigenvalue weighted by molar-refractivity contribution is 6.04. The average Bonchev–Trinajstić information content (AvgIpc) is 2.55. The van der Waals surface area contributed by atoms with Crippen molar-refractivity contribution in [3.05, 3.63) is 40.3 Å². The first-order valence-electron chi connectivity index (χ1n) is 8.84. The molecule has 2 aromatic rings. The van der Waals surface area contributed by atoms with Crippen LogP contribution in [0.4, 0.5) is 0 Å². The maximum Gasteiger partial charge on any atom is 0.274 e. The zero-order valence-corrected chi connectivity index (χ0v) is 15.5. The summed E-state index contributed by atoms with van der Waals surface area (Å²) >= 11 is 0. The van der Waals surface area contributed by atoms with Gasteiger partial charge < -0.3 is 11.1 Å². The Bertz CT molecular complexity index is 796. The van der Waals surface area contributed by atoms with Crippen molar-refractivity contribution in [3.63, 3.8) is 0 Å². The number of aromatic nitrogens is 2. The molecule has 2 rings (SSSR count). The van der Waals surface area contributed by atoms with Crippen LogP contribution in [0.3, 0.4) is 0 Å². The summed E-state index contributed by atoms with van der Waals surface area (Å²) in [5, 5.41) is 8.41. The fourth-order valence-corrected chi connectivity index (χ4v) is 2.91. The fourth-order valence-electron chi connectivity index (χ4n) is 2.91. The number of nitrogens with one attached hydrogen (secondary N) is 1. The molecule has 0 aliphatic carbocycles. The molecular weight excluding hydrogens is 316 g/mol. The molecule has 0 aliphatic rings. The van der Waals surface area contributed by atoms with Crippen LogP contribution in [-0.2, 0) is 6.54 Å². The number of carbonyl (C=O) groups is 1. The van der Waals surface area contributed by atoms with Gasteiger partial charge in [-0.05, 0) is 24.3 Å². The zero-order valence-electron chi connectivity index (χ0n) is 15.5. The van der Waals surface area contributed by atoms with Crippen molar-refractivity contribution in [1.82, 2.24) is 15.1 Å². The normalized spacial score (nSPS) is 12.8. The van der Waals surface area contributed by atoms with Gasteiger partial charge in [-0.2, -0.15) is 5.10 Å². The molecule has 0 saturated heterocycles. The minimum absolute atomic E-state index is 0.112. The van der Waals surface area contributed by atoms with Gasteiger partial charge in [0, 0.05) is 24.5 Å². The Morgan fingerprint density at radius 1 is 1.16 bits per heavy atom. The molecular formula is C19H28N4O2. The zero-order chi connectivity index (χ0) is 18.6. The second-order valence-electron chi connectivity index (χ2n) is 7.31. The van der Waals surface area contributed by atoms with E-state index in [1.165, 1.54) is 4.68 Å². The summed E-state index contributed by atoms with van der Waals surface area (Å²) in [7, 11) is 0. The highest BCUT2D eigenvalue weighted by atomic mass is 16.2. The lowest BCUT2D eigenvalue weighted by Crippen LogP contribution is -2.42. The number of rotatable bonds is 7. The molecule has 1 aromatic heterocycles. The van der Waals surface area contributed by atoms with Crippen LogP contribution in [-0.4, -0.2) is 28.3 Å². The third-order valence-electron chi connectivity index (χ3n) is 4.00. The van der Waals surface area contributed by atoms with Crippen LogP contribution in [0.1, 0.15) is 44.6 Å². The first kappa shape index (κ1) is 19.1. The summed E-state index contributed by atoms with van der Waals surface area (Å²) in [5.74, 6) is 0.387. The molecule has 0 saturated carbocycles. The van der Waals surface area contributed by atoms with Crippen LogP contribution in [0.5, 0.6) is 0 Å². The minimum Gasteiger partial charge on any atom is -0.347 e. The fraction of sp³-hybridized carbons (Fsp3) is 0.526. The molecule has 0 spiro atoms. The van der Waals surface area contributed by atoms with Crippen LogP contribution in [0.2, 0.25) is 0 Å². The number of amides is 1. The molecule has 1 heterocycles. The maximum atomic E-state index is 12.8. The highest BCUT2D eigenvalue weighted by Gasteiger charge is 2.20. The van der Waals surface area contributed by atoms with E-state index in [4.69, 9.17) is 5.73 Å². The first-order chi connectivity index (χ1) is 11.8. The quantitative estimate of drug-likeness (QED) is 0.805. The molecule has 1 unspecified atom stereocenters. The Morgan fingerprint density at radius 2 is 1.80 bits per heavy atom. The molecule has 0 fully saturated rings. The predicted molar refractivity (Wildman–Crippen MR) is 101 cm³/mol. The van der Waals surface area contributed by atoms with Crippen molar-refractivity contribution in [2.24, 2.45) is 17.6 Å². The molecule has 136 valence electrons. The Morgan fingerprint density at radius 3 is 2.36 bits per heavy atom. The van der Waals surface area contributed by atoms with Crippen molar-refractivity contribution in [3.8, 4) is 0 Å². The standard InChI is InChI=1S/C19H28N4O2/c1-12(2)9-14(10-20)21-18(24)17-15-7-5-6-8-16(15)19(25)23(22-17)11-13(3)4/h5-8,12-14H,9-11,20H2,1-4H3,(H,21,24). The summed E-state index contributed by atoms with van der Waals surface area (Å²) in [6, 6.07) is 6.99. The van der Waals surface area contributed by atoms with E-state index < -0.39 is 0 Å². The molecule has 25 heavy (non-hydrogen) atoms. The van der Waals surface area contributed by atoms with E-state index in [2.05, 4.69) is 24.3 Å². The molecule has 0 aliphatic heterocycles. The first-order valence-corrected chi connectivity index (χ1v) is 8.84. The maximum absolute atomic E-state index is 12.8. The number of hydrogen-bond donors (Lipinski definition) is 2. The summed E-state index contributed by atoms with van der Waals surface area (Å²) in [6.45, 7) is 9.03. The van der Waals surface area contributed by atoms with Crippen molar-refractivity contribution >= 4 is 16.7 Å². The number of hydrogen-bond acceptors (Lipinski definition) is 4. The molecule has 0 radical (unpaired) electrons. The monoisotopic (exact) mass is 344 g/mol. The number of nitrogens with zero attached hydrogens (tertiary/aromatic N) is 2. The van der Waals surface area contributed by atoms with Crippen LogP contribution >= 0.6 is 0 Å². The molecule has 6 heteroatoms. The minimum atomic E-state index is -0.287. The number of benzene rings is 1. The van der Waals surface area contributed by atoms with E-state index in [-0.39, 0.29) is 29.1 Å². The van der Waals surface area contributed by atoms with Gasteiger partial charge in [-0.3, -0.25) is 9.59 Å². The van der Waals surface area contributed by atoms with Gasteiger partial charge in [0.1, 0.15) is 0 Å². The molecule has 3 N–H and O–H groups in total. The van der Waals surface area contributed by atoms with E-state index >= 15 is 0 Å². The topological polar surface area (TPSA) is 90.0 Å². The third-order valence-corrected chi connectivity index (χ3v) is 4.00. The van der Waals surface area contributed by atoms with Crippen LogP contribution < -0.4 is 16.6 Å². The second-order valence-corrected chi connectivity index (χ2v) is 7.31. The summed E-state index contributed by atoms with van der Waals surface area (Å²) in [4.78, 5) is 25.4. The molecule has 1 aromatic carbocycles. The van der Waals surface area contributed by atoms with E-state index in [1.807, 2.05) is 19.9 Å². The largest absolute Gasteiger partial charge is 0.347 e. The summed E-state index contributed by atoms with van der Waals surface area (Å²) in [5.41, 5.74) is 5.90. The lowest BCUT2D eigenvalue weighted by molar-refractivity contribution is 0.0928. The van der Waals surface area contributed by atoms with Gasteiger partial charge in [-0.15, -0.1) is 0 Å². The van der Waals surface area contributed by atoms with Gasteiger partial charge in [0.2, 0.25) is 0 Å². The van der Waals surface area contributed by atoms with Crippen molar-refractivity contribution < 1.29 is 4.79 Å². The smallest absolute Gasteiger partial charge is 0.274 e. The van der Waals surface area contributed by atoms with Crippen LogP contribution in [0.25, 0.3) is 10.8 Å². The summed E-state index contributed by atoms with van der Waals surface area (Å²) < 4.78 is 1.39. The van der Waals surface area contributed by atoms with Gasteiger partial charge in [0.05, 0.1) is 5.39 Å². The third kappa shape index (κ3) is 4.66. The Kier molecular flexibility index (Phi) is 6.31. The van der Waals surface area contributed by atoms with Gasteiger partial charge in [0.15, 0.2) is 5.69 Å². The van der Waals surface area contributed by atoms with Gasteiger partial charge in [0.25, 0.3) is 11.5 Å². The van der Waals surface area contributed by atoms with Crippen molar-refractivity contribution in [2.45, 2.75) is 46.7 Å². The molecule has 1 atom stereocenters.